The summed E-state index contributed by atoms with van der Waals surface area (Å²) in [6, 6.07) is 8.83. The summed E-state index contributed by atoms with van der Waals surface area (Å²) in [7, 11) is 1.80. The van der Waals surface area contributed by atoms with Gasteiger partial charge in [0, 0.05) is 18.5 Å². The van der Waals surface area contributed by atoms with Gasteiger partial charge in [-0.3, -0.25) is 4.99 Å². The first kappa shape index (κ1) is 17.5. The predicted octanol–water partition coefficient (Wildman–Crippen LogP) is 3.23. The second-order valence-electron chi connectivity index (χ2n) is 5.51. The minimum Gasteiger partial charge on any atom is -0.356 e. The van der Waals surface area contributed by atoms with Crippen molar-refractivity contribution in [3.05, 3.63) is 51.0 Å². The maximum absolute atomic E-state index is 4.45. The highest BCUT2D eigenvalue weighted by molar-refractivity contribution is 7.11. The monoisotopic (exact) mass is 330 g/mol. The van der Waals surface area contributed by atoms with Gasteiger partial charge in [0.05, 0.1) is 17.2 Å². The molecule has 4 nitrogen and oxygen atoms in total. The SMILES string of the molecule is CCc1ccc(CCNC(=NC)NCc2sc(C)nc2C)cc1. The van der Waals surface area contributed by atoms with E-state index in [0.29, 0.717) is 0 Å². The Hall–Kier alpha value is -1.88. The molecule has 0 spiro atoms. The van der Waals surface area contributed by atoms with Crippen LogP contribution < -0.4 is 10.6 Å². The van der Waals surface area contributed by atoms with Gasteiger partial charge in [-0.25, -0.2) is 4.98 Å². The van der Waals surface area contributed by atoms with E-state index in [9.17, 15) is 0 Å². The lowest BCUT2D eigenvalue weighted by molar-refractivity contribution is 0.796. The number of benzene rings is 1. The summed E-state index contributed by atoms with van der Waals surface area (Å²) in [6.45, 7) is 7.90. The van der Waals surface area contributed by atoms with Gasteiger partial charge in [-0.1, -0.05) is 31.2 Å². The Morgan fingerprint density at radius 2 is 1.83 bits per heavy atom. The van der Waals surface area contributed by atoms with Crippen molar-refractivity contribution in [2.45, 2.75) is 40.2 Å². The van der Waals surface area contributed by atoms with Crippen LogP contribution in [-0.2, 0) is 19.4 Å². The Kier molecular flexibility index (Phi) is 6.59. The summed E-state index contributed by atoms with van der Waals surface area (Å²) in [5.74, 6) is 0.834. The van der Waals surface area contributed by atoms with Crippen LogP contribution >= 0.6 is 11.3 Å². The summed E-state index contributed by atoms with van der Waals surface area (Å²) in [5, 5.41) is 7.83. The summed E-state index contributed by atoms with van der Waals surface area (Å²) in [5.41, 5.74) is 3.83. The molecule has 2 aromatic rings. The molecule has 0 fully saturated rings. The lowest BCUT2D eigenvalue weighted by Gasteiger charge is -2.11. The molecule has 0 saturated heterocycles. The van der Waals surface area contributed by atoms with Gasteiger partial charge in [-0.15, -0.1) is 11.3 Å². The Balaban J connectivity index is 1.77. The predicted molar refractivity (Wildman–Crippen MR) is 99.3 cm³/mol. The molecule has 0 atom stereocenters. The van der Waals surface area contributed by atoms with E-state index in [-0.39, 0.29) is 0 Å². The van der Waals surface area contributed by atoms with E-state index in [1.165, 1.54) is 16.0 Å². The summed E-state index contributed by atoms with van der Waals surface area (Å²) in [4.78, 5) is 9.99. The van der Waals surface area contributed by atoms with Gasteiger partial charge in [-0.2, -0.15) is 0 Å². The summed E-state index contributed by atoms with van der Waals surface area (Å²) in [6.07, 6.45) is 2.08. The Labute approximate surface area is 143 Å². The quantitative estimate of drug-likeness (QED) is 0.631. The third kappa shape index (κ3) is 5.36. The smallest absolute Gasteiger partial charge is 0.191 e. The number of aliphatic imine (C=N–C) groups is 1. The van der Waals surface area contributed by atoms with Crippen molar-refractivity contribution in [2.75, 3.05) is 13.6 Å². The second-order valence-corrected chi connectivity index (χ2v) is 6.80. The molecular formula is C18H26N4S. The molecule has 0 saturated carbocycles. The van der Waals surface area contributed by atoms with Gasteiger partial charge in [0.15, 0.2) is 5.96 Å². The van der Waals surface area contributed by atoms with E-state index in [2.05, 4.69) is 58.7 Å². The average molecular weight is 331 g/mol. The highest BCUT2D eigenvalue weighted by Gasteiger charge is 2.05. The van der Waals surface area contributed by atoms with Crippen molar-refractivity contribution in [2.24, 2.45) is 4.99 Å². The van der Waals surface area contributed by atoms with Crippen molar-refractivity contribution >= 4 is 17.3 Å². The highest BCUT2D eigenvalue weighted by Crippen LogP contribution is 2.16. The van der Waals surface area contributed by atoms with Gasteiger partial charge in [0.2, 0.25) is 0 Å². The maximum atomic E-state index is 4.45. The molecule has 1 heterocycles. The first-order valence-electron chi connectivity index (χ1n) is 8.07. The molecule has 124 valence electrons. The fraction of sp³-hybridized carbons (Fsp3) is 0.444. The molecule has 0 unspecified atom stereocenters. The van der Waals surface area contributed by atoms with Crippen molar-refractivity contribution in [1.29, 1.82) is 0 Å². The Morgan fingerprint density at radius 1 is 1.13 bits per heavy atom. The molecule has 0 radical (unpaired) electrons. The van der Waals surface area contributed by atoms with E-state index >= 15 is 0 Å². The fourth-order valence-electron chi connectivity index (χ4n) is 2.39. The molecule has 23 heavy (non-hydrogen) atoms. The molecule has 0 aliphatic carbocycles. The van der Waals surface area contributed by atoms with E-state index in [1.807, 2.05) is 6.92 Å². The molecule has 5 heteroatoms. The largest absolute Gasteiger partial charge is 0.356 e. The van der Waals surface area contributed by atoms with Crippen LogP contribution in [0.3, 0.4) is 0 Å². The zero-order chi connectivity index (χ0) is 16.7. The molecule has 1 aromatic heterocycles. The number of guanidine groups is 1. The van der Waals surface area contributed by atoms with E-state index in [0.717, 1.165) is 42.6 Å². The summed E-state index contributed by atoms with van der Waals surface area (Å²) < 4.78 is 0. The second kappa shape index (κ2) is 8.67. The first-order valence-corrected chi connectivity index (χ1v) is 8.89. The fourth-order valence-corrected chi connectivity index (χ4v) is 3.27. The molecule has 2 N–H and O–H groups in total. The van der Waals surface area contributed by atoms with Crippen LogP contribution in [0.2, 0.25) is 0 Å². The zero-order valence-electron chi connectivity index (χ0n) is 14.4. The number of thiazole rings is 1. The average Bonchev–Trinajstić information content (AvgIpc) is 2.89. The third-order valence-corrected chi connectivity index (χ3v) is 4.85. The molecular weight excluding hydrogens is 304 g/mol. The van der Waals surface area contributed by atoms with Gasteiger partial charge in [0.1, 0.15) is 0 Å². The number of aryl methyl sites for hydroxylation is 3. The van der Waals surface area contributed by atoms with Crippen LogP contribution in [0.4, 0.5) is 0 Å². The minimum atomic E-state index is 0.766. The molecule has 0 aliphatic rings. The lowest BCUT2D eigenvalue weighted by Crippen LogP contribution is -2.37. The van der Waals surface area contributed by atoms with Crippen molar-refractivity contribution in [3.8, 4) is 0 Å². The molecule has 1 aromatic carbocycles. The van der Waals surface area contributed by atoms with E-state index < -0.39 is 0 Å². The summed E-state index contributed by atoms with van der Waals surface area (Å²) >= 11 is 1.73. The van der Waals surface area contributed by atoms with Crippen LogP contribution in [0.5, 0.6) is 0 Å². The minimum absolute atomic E-state index is 0.766. The Morgan fingerprint density at radius 3 is 2.39 bits per heavy atom. The van der Waals surface area contributed by atoms with Crippen LogP contribution in [0.25, 0.3) is 0 Å². The van der Waals surface area contributed by atoms with Crippen LogP contribution in [-0.4, -0.2) is 24.5 Å². The van der Waals surface area contributed by atoms with Gasteiger partial charge < -0.3 is 10.6 Å². The maximum Gasteiger partial charge on any atom is 0.191 e. The normalized spacial score (nSPS) is 11.6. The zero-order valence-corrected chi connectivity index (χ0v) is 15.3. The molecule has 0 aliphatic heterocycles. The molecule has 2 rings (SSSR count). The Bertz CT molecular complexity index is 644. The number of hydrogen-bond acceptors (Lipinski definition) is 3. The highest BCUT2D eigenvalue weighted by atomic mass is 32.1. The topological polar surface area (TPSA) is 49.3 Å². The van der Waals surface area contributed by atoms with Crippen LogP contribution in [0.15, 0.2) is 29.3 Å². The van der Waals surface area contributed by atoms with Crippen LogP contribution in [0.1, 0.15) is 33.6 Å². The number of rotatable bonds is 6. The van der Waals surface area contributed by atoms with Crippen molar-refractivity contribution in [1.82, 2.24) is 15.6 Å². The van der Waals surface area contributed by atoms with Gasteiger partial charge in [-0.05, 0) is 37.8 Å². The molecule has 0 bridgehead atoms. The van der Waals surface area contributed by atoms with Crippen molar-refractivity contribution < 1.29 is 0 Å². The van der Waals surface area contributed by atoms with E-state index in [1.54, 1.807) is 18.4 Å². The third-order valence-electron chi connectivity index (χ3n) is 3.78. The van der Waals surface area contributed by atoms with Crippen LogP contribution in [0, 0.1) is 13.8 Å². The lowest BCUT2D eigenvalue weighted by atomic mass is 10.1. The number of nitrogens with zero attached hydrogens (tertiary/aromatic N) is 2. The van der Waals surface area contributed by atoms with Gasteiger partial charge in [0.25, 0.3) is 0 Å². The number of aromatic nitrogens is 1. The van der Waals surface area contributed by atoms with Gasteiger partial charge >= 0.3 is 0 Å². The standard InChI is InChI=1S/C18H26N4S/c1-5-15-6-8-16(9-7-15)10-11-20-18(19-4)21-12-17-13(2)22-14(3)23-17/h6-9H,5,10-12H2,1-4H3,(H2,19,20,21). The van der Waals surface area contributed by atoms with Crippen molar-refractivity contribution in [3.63, 3.8) is 0 Å². The molecule has 0 amide bonds. The first-order chi connectivity index (χ1) is 11.1. The number of hydrogen-bond donors (Lipinski definition) is 2. The number of nitrogens with one attached hydrogen (secondary N) is 2. The van der Waals surface area contributed by atoms with E-state index in [4.69, 9.17) is 0 Å².